The van der Waals surface area contributed by atoms with Gasteiger partial charge >= 0.3 is 5.97 Å². The van der Waals surface area contributed by atoms with E-state index in [0.717, 1.165) is 36.8 Å². The highest BCUT2D eigenvalue weighted by atomic mass is 32.1. The molecule has 3 rings (SSSR count). The second kappa shape index (κ2) is 8.70. The van der Waals surface area contributed by atoms with Crippen LogP contribution in [-0.4, -0.2) is 19.0 Å². The first-order valence-corrected chi connectivity index (χ1v) is 10.5. The van der Waals surface area contributed by atoms with Crippen LogP contribution in [0.4, 0.5) is 5.00 Å². The molecule has 1 amide bonds. The Bertz CT molecular complexity index is 812. The summed E-state index contributed by atoms with van der Waals surface area (Å²) in [7, 11) is 1.40. The van der Waals surface area contributed by atoms with E-state index in [4.69, 9.17) is 4.74 Å². The highest BCUT2D eigenvalue weighted by molar-refractivity contribution is 7.17. The van der Waals surface area contributed by atoms with Gasteiger partial charge < -0.3 is 10.1 Å². The lowest BCUT2D eigenvalue weighted by atomic mass is 9.85. The third-order valence-corrected chi connectivity index (χ3v) is 6.67. The topological polar surface area (TPSA) is 55.4 Å². The van der Waals surface area contributed by atoms with E-state index < -0.39 is 0 Å². The molecule has 4 nitrogen and oxygen atoms in total. The number of ether oxygens (including phenoxy) is 1. The Morgan fingerprint density at radius 3 is 2.63 bits per heavy atom. The molecule has 0 aliphatic heterocycles. The molecule has 0 saturated heterocycles. The van der Waals surface area contributed by atoms with Gasteiger partial charge in [-0.2, -0.15) is 0 Å². The van der Waals surface area contributed by atoms with Gasteiger partial charge in [-0.3, -0.25) is 4.79 Å². The van der Waals surface area contributed by atoms with Crippen LogP contribution in [0.5, 0.6) is 0 Å². The van der Waals surface area contributed by atoms with E-state index in [1.165, 1.54) is 12.0 Å². The summed E-state index contributed by atoms with van der Waals surface area (Å²) in [5.74, 6) is -0.0119. The third-order valence-electron chi connectivity index (χ3n) is 5.50. The van der Waals surface area contributed by atoms with Crippen LogP contribution in [0.25, 0.3) is 0 Å². The molecule has 1 aromatic heterocycles. The molecule has 1 aliphatic rings. The highest BCUT2D eigenvalue weighted by Gasteiger charge is 2.30. The maximum atomic E-state index is 13.0. The van der Waals surface area contributed by atoms with Crippen molar-refractivity contribution in [2.45, 2.75) is 51.9 Å². The van der Waals surface area contributed by atoms with Gasteiger partial charge in [0.05, 0.1) is 18.6 Å². The van der Waals surface area contributed by atoms with Crippen molar-refractivity contribution < 1.29 is 14.3 Å². The quantitative estimate of drug-likeness (QED) is 0.697. The molecule has 0 radical (unpaired) electrons. The van der Waals surface area contributed by atoms with Crippen LogP contribution >= 0.6 is 11.3 Å². The molecule has 144 valence electrons. The van der Waals surface area contributed by atoms with E-state index in [0.29, 0.717) is 22.9 Å². The minimum Gasteiger partial charge on any atom is -0.465 e. The Morgan fingerprint density at radius 2 is 2.00 bits per heavy atom. The molecule has 2 unspecified atom stereocenters. The third kappa shape index (κ3) is 4.08. The number of esters is 1. The summed E-state index contributed by atoms with van der Waals surface area (Å²) >= 11 is 1.54. The zero-order valence-corrected chi connectivity index (χ0v) is 17.0. The van der Waals surface area contributed by atoms with Crippen molar-refractivity contribution in [3.63, 3.8) is 0 Å². The molecule has 5 heteroatoms. The molecule has 1 aliphatic carbocycles. The van der Waals surface area contributed by atoms with Gasteiger partial charge in [-0.25, -0.2) is 4.79 Å². The van der Waals surface area contributed by atoms with E-state index >= 15 is 0 Å². The van der Waals surface area contributed by atoms with Gasteiger partial charge in [0.1, 0.15) is 5.00 Å². The monoisotopic (exact) mass is 385 g/mol. The number of anilines is 1. The number of thiophene rings is 1. The van der Waals surface area contributed by atoms with Crippen molar-refractivity contribution in [2.75, 3.05) is 12.4 Å². The minimum atomic E-state index is -0.356. The lowest BCUT2D eigenvalue weighted by Crippen LogP contribution is -2.21. The molecular formula is C22H27NO3S. The summed E-state index contributed by atoms with van der Waals surface area (Å²) in [4.78, 5) is 26.6. The zero-order chi connectivity index (χ0) is 19.4. The lowest BCUT2D eigenvalue weighted by Gasteiger charge is -2.20. The summed E-state index contributed by atoms with van der Waals surface area (Å²) in [5, 5.41) is 3.69. The van der Waals surface area contributed by atoms with Gasteiger partial charge in [0.2, 0.25) is 5.91 Å². The molecule has 1 aromatic carbocycles. The largest absolute Gasteiger partial charge is 0.465 e. The number of benzene rings is 1. The second-order valence-corrected chi connectivity index (χ2v) is 8.18. The SMILES string of the molecule is CCC1CCc2c(sc(NC(=O)C(CC)c3ccccc3)c2C(=O)OC)C1. The van der Waals surface area contributed by atoms with Crippen molar-refractivity contribution in [3.05, 3.63) is 51.9 Å². The summed E-state index contributed by atoms with van der Waals surface area (Å²) in [6, 6.07) is 9.78. The molecule has 0 bridgehead atoms. The number of carbonyl (C=O) groups is 2. The number of hydrogen-bond donors (Lipinski definition) is 1. The molecule has 27 heavy (non-hydrogen) atoms. The second-order valence-electron chi connectivity index (χ2n) is 7.08. The van der Waals surface area contributed by atoms with Gasteiger partial charge in [-0.15, -0.1) is 11.3 Å². The summed E-state index contributed by atoms with van der Waals surface area (Å²) in [6.07, 6.45) is 4.77. The van der Waals surface area contributed by atoms with E-state index in [2.05, 4.69) is 12.2 Å². The average Bonchev–Trinajstić information content (AvgIpc) is 3.05. The molecule has 2 atom stereocenters. The Balaban J connectivity index is 1.90. The Morgan fingerprint density at radius 1 is 1.26 bits per heavy atom. The molecule has 2 aromatic rings. The smallest absolute Gasteiger partial charge is 0.341 e. The van der Waals surface area contributed by atoms with E-state index in [-0.39, 0.29) is 17.8 Å². The number of nitrogens with one attached hydrogen (secondary N) is 1. The fraction of sp³-hybridized carbons (Fsp3) is 0.455. The van der Waals surface area contributed by atoms with Crippen molar-refractivity contribution >= 4 is 28.2 Å². The van der Waals surface area contributed by atoms with E-state index in [1.54, 1.807) is 11.3 Å². The van der Waals surface area contributed by atoms with Crippen LogP contribution in [0, 0.1) is 5.92 Å². The van der Waals surface area contributed by atoms with Gasteiger partial charge in [0.15, 0.2) is 0 Å². The van der Waals surface area contributed by atoms with Crippen LogP contribution in [0.15, 0.2) is 30.3 Å². The maximum Gasteiger partial charge on any atom is 0.341 e. The molecule has 0 fully saturated rings. The molecule has 0 saturated carbocycles. The average molecular weight is 386 g/mol. The predicted octanol–water partition coefficient (Wildman–Crippen LogP) is 5.18. The van der Waals surface area contributed by atoms with Crippen LogP contribution in [0.1, 0.15) is 65.4 Å². The summed E-state index contributed by atoms with van der Waals surface area (Å²) in [5.41, 5.74) is 2.62. The van der Waals surface area contributed by atoms with E-state index in [1.807, 2.05) is 37.3 Å². The number of hydrogen-bond acceptors (Lipinski definition) is 4. The highest BCUT2D eigenvalue weighted by Crippen LogP contribution is 2.41. The number of methoxy groups -OCH3 is 1. The first-order chi connectivity index (χ1) is 13.1. The molecular weight excluding hydrogens is 358 g/mol. The Kier molecular flexibility index (Phi) is 6.32. The number of amides is 1. The zero-order valence-electron chi connectivity index (χ0n) is 16.2. The van der Waals surface area contributed by atoms with Crippen molar-refractivity contribution in [3.8, 4) is 0 Å². The van der Waals surface area contributed by atoms with Gasteiger partial charge in [-0.1, -0.05) is 50.6 Å². The van der Waals surface area contributed by atoms with Gasteiger partial charge in [0.25, 0.3) is 0 Å². The van der Waals surface area contributed by atoms with Gasteiger partial charge in [0, 0.05) is 4.88 Å². The molecule has 0 spiro atoms. The summed E-state index contributed by atoms with van der Waals surface area (Å²) < 4.78 is 5.02. The molecule has 1 heterocycles. The Labute approximate surface area is 164 Å². The summed E-state index contributed by atoms with van der Waals surface area (Å²) in [6.45, 7) is 4.21. The number of rotatable bonds is 6. The van der Waals surface area contributed by atoms with Crippen molar-refractivity contribution in [1.82, 2.24) is 0 Å². The molecule has 1 N–H and O–H groups in total. The predicted molar refractivity (Wildman–Crippen MR) is 110 cm³/mol. The first kappa shape index (κ1) is 19.6. The fourth-order valence-corrected chi connectivity index (χ4v) is 5.22. The van der Waals surface area contributed by atoms with Crippen LogP contribution < -0.4 is 5.32 Å². The number of carbonyl (C=O) groups excluding carboxylic acids is 2. The van der Waals surface area contributed by atoms with Gasteiger partial charge in [-0.05, 0) is 42.7 Å². The van der Waals surface area contributed by atoms with Crippen LogP contribution in [0.3, 0.4) is 0 Å². The fourth-order valence-electron chi connectivity index (χ4n) is 3.87. The first-order valence-electron chi connectivity index (χ1n) is 9.67. The van der Waals surface area contributed by atoms with E-state index in [9.17, 15) is 9.59 Å². The Hall–Kier alpha value is -2.14. The van der Waals surface area contributed by atoms with Crippen LogP contribution in [-0.2, 0) is 22.4 Å². The van der Waals surface area contributed by atoms with Crippen molar-refractivity contribution in [1.29, 1.82) is 0 Å². The normalized spacial score (nSPS) is 17.1. The maximum absolute atomic E-state index is 13.0. The van der Waals surface area contributed by atoms with Crippen LogP contribution in [0.2, 0.25) is 0 Å². The van der Waals surface area contributed by atoms with Crippen molar-refractivity contribution in [2.24, 2.45) is 5.92 Å². The minimum absolute atomic E-state index is 0.0699. The lowest BCUT2D eigenvalue weighted by molar-refractivity contribution is -0.117. The standard InChI is InChI=1S/C22H27NO3S/c1-4-14-11-12-17-18(13-14)27-21(19(17)22(25)26-3)23-20(24)16(5-2)15-9-7-6-8-10-15/h6-10,14,16H,4-5,11-13H2,1-3H3,(H,23,24). The number of fused-ring (bicyclic) bond motifs is 1.